The second-order valence-corrected chi connectivity index (χ2v) is 3.39. The first-order chi connectivity index (χ1) is 7.16. The third-order valence-corrected chi connectivity index (χ3v) is 2.17. The quantitative estimate of drug-likeness (QED) is 0.901. The Hall–Kier alpha value is -1.52. The molecule has 0 fully saturated rings. The highest BCUT2D eigenvalue weighted by Crippen LogP contribution is 2.13. The predicted octanol–water partition coefficient (Wildman–Crippen LogP) is 2.65. The molecule has 1 heterocycles. The van der Waals surface area contributed by atoms with E-state index in [0.29, 0.717) is 5.02 Å². The van der Waals surface area contributed by atoms with Gasteiger partial charge in [-0.1, -0.05) is 11.6 Å². The zero-order valence-electron chi connectivity index (χ0n) is 8.00. The fourth-order valence-electron chi connectivity index (χ4n) is 1.17. The molecule has 1 N–H and O–H groups in total. The zero-order chi connectivity index (χ0) is 10.8. The molecule has 1 aromatic heterocycles. The molecule has 0 radical (unpaired) electrons. The van der Waals surface area contributed by atoms with Crippen LogP contribution in [0.3, 0.4) is 0 Å². The van der Waals surface area contributed by atoms with Crippen LogP contribution >= 0.6 is 24.0 Å². The van der Waals surface area contributed by atoms with Crippen molar-refractivity contribution < 1.29 is 9.90 Å². The van der Waals surface area contributed by atoms with E-state index >= 15 is 0 Å². The Kier molecular flexibility index (Phi) is 3.93. The molecule has 0 bridgehead atoms. The molecule has 1 aromatic carbocycles. The second-order valence-electron chi connectivity index (χ2n) is 2.96. The minimum absolute atomic E-state index is 0. The first kappa shape index (κ1) is 12.5. The number of hydrogen-bond donors (Lipinski definition) is 1. The van der Waals surface area contributed by atoms with Crippen molar-refractivity contribution in [2.45, 2.75) is 0 Å². The molecule has 84 valence electrons. The van der Waals surface area contributed by atoms with Gasteiger partial charge in [0.05, 0.1) is 17.4 Å². The van der Waals surface area contributed by atoms with Gasteiger partial charge in [-0.15, -0.1) is 12.4 Å². The minimum atomic E-state index is -0.991. The van der Waals surface area contributed by atoms with Crippen LogP contribution in [0.5, 0.6) is 0 Å². The number of rotatable bonds is 2. The molecule has 0 aliphatic carbocycles. The van der Waals surface area contributed by atoms with E-state index in [9.17, 15) is 4.79 Å². The topological polar surface area (TPSA) is 55.1 Å². The van der Waals surface area contributed by atoms with E-state index < -0.39 is 5.97 Å². The molecule has 0 saturated carbocycles. The van der Waals surface area contributed by atoms with E-state index in [2.05, 4.69) is 5.10 Å². The van der Waals surface area contributed by atoms with Crippen molar-refractivity contribution in [3.63, 3.8) is 0 Å². The van der Waals surface area contributed by atoms with Crippen LogP contribution in [0.15, 0.2) is 36.7 Å². The van der Waals surface area contributed by atoms with Crippen molar-refractivity contribution in [3.05, 3.63) is 47.2 Å². The van der Waals surface area contributed by atoms with Gasteiger partial charge in [-0.05, 0) is 24.3 Å². The third kappa shape index (κ3) is 2.53. The lowest BCUT2D eigenvalue weighted by molar-refractivity contribution is 0.0697. The van der Waals surface area contributed by atoms with Crippen LogP contribution in [0.1, 0.15) is 10.4 Å². The number of carboxylic acid groups (broad SMARTS) is 1. The summed E-state index contributed by atoms with van der Waals surface area (Å²) in [7, 11) is 0. The number of hydrogen-bond acceptors (Lipinski definition) is 2. The molecule has 0 amide bonds. The minimum Gasteiger partial charge on any atom is -0.478 e. The van der Waals surface area contributed by atoms with Crippen LogP contribution < -0.4 is 0 Å². The predicted molar refractivity (Wildman–Crippen MR) is 62.8 cm³/mol. The van der Waals surface area contributed by atoms with Crippen LogP contribution in [0.2, 0.25) is 5.02 Å². The average molecular weight is 259 g/mol. The maximum absolute atomic E-state index is 10.6. The number of benzene rings is 1. The summed E-state index contributed by atoms with van der Waals surface area (Å²) in [6.45, 7) is 0. The van der Waals surface area contributed by atoms with Crippen LogP contribution in [0.25, 0.3) is 5.69 Å². The summed E-state index contributed by atoms with van der Waals surface area (Å²) < 4.78 is 1.49. The largest absolute Gasteiger partial charge is 0.478 e. The van der Waals surface area contributed by atoms with Crippen molar-refractivity contribution in [2.24, 2.45) is 0 Å². The van der Waals surface area contributed by atoms with Gasteiger partial charge in [0.15, 0.2) is 0 Å². The monoisotopic (exact) mass is 258 g/mol. The van der Waals surface area contributed by atoms with Gasteiger partial charge in [-0.3, -0.25) is 0 Å². The van der Waals surface area contributed by atoms with E-state index in [1.54, 1.807) is 24.3 Å². The van der Waals surface area contributed by atoms with Gasteiger partial charge in [0.2, 0.25) is 0 Å². The van der Waals surface area contributed by atoms with E-state index in [0.717, 1.165) is 5.69 Å². The van der Waals surface area contributed by atoms with Crippen LogP contribution in [-0.2, 0) is 0 Å². The Morgan fingerprint density at radius 1 is 1.31 bits per heavy atom. The molecular weight excluding hydrogens is 251 g/mol. The highest BCUT2D eigenvalue weighted by atomic mass is 35.5. The van der Waals surface area contributed by atoms with Crippen LogP contribution in [-0.4, -0.2) is 20.9 Å². The zero-order valence-corrected chi connectivity index (χ0v) is 9.57. The lowest BCUT2D eigenvalue weighted by Crippen LogP contribution is -1.95. The standard InChI is InChI=1S/C10H7ClN2O2.ClH/c11-8-1-3-9(4-2-8)13-6-7(5-12-13)10(14)15;/h1-6H,(H,14,15);1H. The molecule has 6 heteroatoms. The maximum atomic E-state index is 10.6. The van der Waals surface area contributed by atoms with Gasteiger partial charge in [-0.25, -0.2) is 9.48 Å². The maximum Gasteiger partial charge on any atom is 0.338 e. The van der Waals surface area contributed by atoms with Gasteiger partial charge in [0, 0.05) is 11.2 Å². The van der Waals surface area contributed by atoms with E-state index in [4.69, 9.17) is 16.7 Å². The Bertz CT molecular complexity index is 494. The van der Waals surface area contributed by atoms with Crippen molar-refractivity contribution in [1.82, 2.24) is 9.78 Å². The summed E-state index contributed by atoms with van der Waals surface area (Å²) >= 11 is 5.73. The molecule has 4 nitrogen and oxygen atoms in total. The summed E-state index contributed by atoms with van der Waals surface area (Å²) in [5.41, 5.74) is 0.928. The smallest absolute Gasteiger partial charge is 0.338 e. The molecule has 0 atom stereocenters. The molecule has 2 aromatic rings. The van der Waals surface area contributed by atoms with Gasteiger partial charge < -0.3 is 5.11 Å². The number of aromatic carboxylic acids is 1. The average Bonchev–Trinajstić information content (AvgIpc) is 2.68. The first-order valence-corrected chi connectivity index (χ1v) is 4.58. The van der Waals surface area contributed by atoms with Gasteiger partial charge in [0.1, 0.15) is 0 Å². The Balaban J connectivity index is 0.00000128. The van der Waals surface area contributed by atoms with E-state index in [-0.39, 0.29) is 18.0 Å². The number of carbonyl (C=O) groups is 1. The van der Waals surface area contributed by atoms with Crippen molar-refractivity contribution in [1.29, 1.82) is 0 Å². The SMILES string of the molecule is Cl.O=C(O)c1cnn(-c2ccc(Cl)cc2)c1. The summed E-state index contributed by atoms with van der Waals surface area (Å²) in [5.74, 6) is -0.991. The molecule has 0 unspecified atom stereocenters. The molecule has 16 heavy (non-hydrogen) atoms. The highest BCUT2D eigenvalue weighted by molar-refractivity contribution is 6.30. The van der Waals surface area contributed by atoms with E-state index in [1.165, 1.54) is 17.1 Å². The van der Waals surface area contributed by atoms with Crippen molar-refractivity contribution in [3.8, 4) is 5.69 Å². The number of aromatic nitrogens is 2. The second kappa shape index (κ2) is 5.01. The third-order valence-electron chi connectivity index (χ3n) is 1.92. The fraction of sp³-hybridized carbons (Fsp3) is 0. The van der Waals surface area contributed by atoms with Gasteiger partial charge in [-0.2, -0.15) is 5.10 Å². The molecule has 0 saturated heterocycles. The summed E-state index contributed by atoms with van der Waals surface area (Å²) in [6, 6.07) is 6.97. The Morgan fingerprint density at radius 2 is 1.94 bits per heavy atom. The number of nitrogens with zero attached hydrogens (tertiary/aromatic N) is 2. The van der Waals surface area contributed by atoms with Crippen molar-refractivity contribution in [2.75, 3.05) is 0 Å². The number of halogens is 2. The fourth-order valence-corrected chi connectivity index (χ4v) is 1.29. The molecule has 2 rings (SSSR count). The van der Waals surface area contributed by atoms with E-state index in [1.807, 2.05) is 0 Å². The lowest BCUT2D eigenvalue weighted by atomic mass is 10.3. The summed E-state index contributed by atoms with van der Waals surface area (Å²) in [5, 5.41) is 13.3. The Labute approximate surface area is 103 Å². The molecule has 0 spiro atoms. The van der Waals surface area contributed by atoms with Crippen LogP contribution in [0, 0.1) is 0 Å². The Morgan fingerprint density at radius 3 is 2.44 bits per heavy atom. The highest BCUT2D eigenvalue weighted by Gasteiger charge is 2.06. The molecular formula is C10H8Cl2N2O2. The summed E-state index contributed by atoms with van der Waals surface area (Å²) in [4.78, 5) is 10.6. The number of carboxylic acids is 1. The molecule has 0 aliphatic rings. The van der Waals surface area contributed by atoms with Crippen molar-refractivity contribution >= 4 is 30.0 Å². The van der Waals surface area contributed by atoms with Gasteiger partial charge in [0.25, 0.3) is 0 Å². The first-order valence-electron chi connectivity index (χ1n) is 4.21. The summed E-state index contributed by atoms with van der Waals surface area (Å²) in [6.07, 6.45) is 2.75. The lowest BCUT2D eigenvalue weighted by Gasteiger charge is -1.99. The van der Waals surface area contributed by atoms with Crippen LogP contribution in [0.4, 0.5) is 0 Å². The van der Waals surface area contributed by atoms with Gasteiger partial charge >= 0.3 is 5.97 Å². The normalized spacial score (nSPS) is 9.56. The molecule has 0 aliphatic heterocycles.